The summed E-state index contributed by atoms with van der Waals surface area (Å²) < 4.78 is 0. The third-order valence-corrected chi connectivity index (χ3v) is 6.70. The van der Waals surface area contributed by atoms with Crippen molar-refractivity contribution in [2.45, 2.75) is 20.3 Å². The molecule has 188 valence electrons. The summed E-state index contributed by atoms with van der Waals surface area (Å²) in [6.45, 7) is 7.23. The van der Waals surface area contributed by atoms with Crippen LogP contribution in [0.5, 0.6) is 0 Å². The molecule has 1 fully saturated rings. The fraction of sp³-hybridized carbons (Fsp3) is 0.357. The van der Waals surface area contributed by atoms with Crippen LogP contribution in [-0.4, -0.2) is 71.1 Å². The van der Waals surface area contributed by atoms with Gasteiger partial charge in [-0.3, -0.25) is 9.59 Å². The Bertz CT molecular complexity index is 1160. The first kappa shape index (κ1) is 25.6. The van der Waals surface area contributed by atoms with Gasteiger partial charge in [0.1, 0.15) is 6.54 Å². The highest BCUT2D eigenvalue weighted by molar-refractivity contribution is 6.33. The molecule has 0 unspecified atom stereocenters. The maximum atomic E-state index is 13.2. The maximum absolute atomic E-state index is 13.2. The smallest absolute Gasteiger partial charge is 0.255 e. The van der Waals surface area contributed by atoms with E-state index in [4.69, 9.17) is 11.6 Å². The molecular weight excluding hydrogens is 474 g/mol. The quantitative estimate of drug-likeness (QED) is 0.446. The van der Waals surface area contributed by atoms with Crippen molar-refractivity contribution in [2.75, 3.05) is 44.2 Å². The first-order valence-corrected chi connectivity index (χ1v) is 12.8. The van der Waals surface area contributed by atoms with E-state index < -0.39 is 0 Å². The number of anilines is 1. The predicted molar refractivity (Wildman–Crippen MR) is 143 cm³/mol. The normalized spacial score (nSPS) is 13.7. The molecule has 0 spiro atoms. The van der Waals surface area contributed by atoms with E-state index in [-0.39, 0.29) is 18.4 Å². The third kappa shape index (κ3) is 6.40. The first-order chi connectivity index (χ1) is 17.4. The van der Waals surface area contributed by atoms with Crippen LogP contribution in [0.1, 0.15) is 30.6 Å². The molecule has 0 bridgehead atoms. The molecular formula is C28H32ClN5O2. The summed E-state index contributed by atoms with van der Waals surface area (Å²) in [5.41, 5.74) is 2.29. The van der Waals surface area contributed by atoms with Gasteiger partial charge in [0.2, 0.25) is 5.91 Å². The van der Waals surface area contributed by atoms with Gasteiger partial charge in [0, 0.05) is 38.3 Å². The van der Waals surface area contributed by atoms with Gasteiger partial charge in [-0.2, -0.15) is 0 Å². The average Bonchev–Trinajstić information content (AvgIpc) is 2.91. The van der Waals surface area contributed by atoms with Gasteiger partial charge in [-0.1, -0.05) is 67.9 Å². The fourth-order valence-corrected chi connectivity index (χ4v) is 4.39. The van der Waals surface area contributed by atoms with Crippen LogP contribution in [0, 0.1) is 5.92 Å². The Morgan fingerprint density at radius 2 is 1.61 bits per heavy atom. The number of carbonyl (C=O) groups excluding carboxylic acids is 2. The lowest BCUT2D eigenvalue weighted by atomic mass is 10.1. The fourth-order valence-electron chi connectivity index (χ4n) is 4.18. The van der Waals surface area contributed by atoms with Crippen LogP contribution in [-0.2, 0) is 4.79 Å². The van der Waals surface area contributed by atoms with Crippen molar-refractivity contribution >= 4 is 29.2 Å². The van der Waals surface area contributed by atoms with Gasteiger partial charge in [-0.25, -0.2) is 0 Å². The number of nitrogens with zero attached hydrogens (tertiary/aromatic N) is 5. The lowest BCUT2D eigenvalue weighted by molar-refractivity contribution is -0.132. The Morgan fingerprint density at radius 1 is 0.917 bits per heavy atom. The third-order valence-electron chi connectivity index (χ3n) is 6.37. The highest BCUT2D eigenvalue weighted by Gasteiger charge is 2.26. The second-order valence-electron chi connectivity index (χ2n) is 9.40. The molecule has 2 amide bonds. The topological polar surface area (TPSA) is 69.6 Å². The van der Waals surface area contributed by atoms with Crippen LogP contribution in [0.25, 0.3) is 11.3 Å². The molecule has 0 atom stereocenters. The van der Waals surface area contributed by atoms with E-state index in [0.717, 1.165) is 23.5 Å². The van der Waals surface area contributed by atoms with Crippen LogP contribution >= 0.6 is 11.6 Å². The zero-order chi connectivity index (χ0) is 25.5. The van der Waals surface area contributed by atoms with Gasteiger partial charge >= 0.3 is 0 Å². The lowest BCUT2D eigenvalue weighted by Gasteiger charge is -2.36. The minimum atomic E-state index is -0.206. The van der Waals surface area contributed by atoms with Crippen LogP contribution < -0.4 is 4.90 Å². The molecule has 1 saturated heterocycles. The molecule has 36 heavy (non-hydrogen) atoms. The molecule has 0 radical (unpaired) electrons. The average molecular weight is 506 g/mol. The molecule has 0 saturated carbocycles. The van der Waals surface area contributed by atoms with Gasteiger partial charge < -0.3 is 14.7 Å². The summed E-state index contributed by atoms with van der Waals surface area (Å²) >= 11 is 6.27. The summed E-state index contributed by atoms with van der Waals surface area (Å²) in [7, 11) is 0. The van der Waals surface area contributed by atoms with Gasteiger partial charge in [0.15, 0.2) is 5.82 Å². The Morgan fingerprint density at radius 3 is 2.25 bits per heavy atom. The van der Waals surface area contributed by atoms with Crippen molar-refractivity contribution in [1.82, 2.24) is 20.0 Å². The van der Waals surface area contributed by atoms with E-state index >= 15 is 0 Å². The number of piperazine rings is 1. The predicted octanol–water partition coefficient (Wildman–Crippen LogP) is 4.63. The number of benzene rings is 2. The Balaban J connectivity index is 1.36. The first-order valence-electron chi connectivity index (χ1n) is 12.4. The molecule has 8 heteroatoms. The zero-order valence-electron chi connectivity index (χ0n) is 20.8. The van der Waals surface area contributed by atoms with Crippen molar-refractivity contribution in [3.8, 4) is 11.3 Å². The Kier molecular flexibility index (Phi) is 8.54. The van der Waals surface area contributed by atoms with Crippen molar-refractivity contribution in [3.05, 3.63) is 77.3 Å². The summed E-state index contributed by atoms with van der Waals surface area (Å²) in [6, 6.07) is 20.9. The lowest BCUT2D eigenvalue weighted by Crippen LogP contribution is -2.52. The van der Waals surface area contributed by atoms with E-state index in [1.165, 1.54) is 0 Å². The minimum absolute atomic E-state index is 0.0440. The molecule has 3 aromatic rings. The molecule has 2 heterocycles. The summed E-state index contributed by atoms with van der Waals surface area (Å²) in [5, 5.41) is 9.19. The van der Waals surface area contributed by atoms with Gasteiger partial charge in [-0.15, -0.1) is 10.2 Å². The molecule has 1 aromatic heterocycles. The summed E-state index contributed by atoms with van der Waals surface area (Å²) in [6.07, 6.45) is 0.814. The van der Waals surface area contributed by atoms with Crippen LogP contribution in [0.2, 0.25) is 5.02 Å². The van der Waals surface area contributed by atoms with Crippen LogP contribution in [0.3, 0.4) is 0 Å². The Labute approximate surface area is 217 Å². The Hall–Kier alpha value is -3.45. The highest BCUT2D eigenvalue weighted by Crippen LogP contribution is 2.20. The number of amides is 2. The van der Waals surface area contributed by atoms with E-state index in [0.29, 0.717) is 49.2 Å². The summed E-state index contributed by atoms with van der Waals surface area (Å²) in [5.74, 6) is 0.958. The second kappa shape index (κ2) is 12.0. The van der Waals surface area contributed by atoms with Crippen LogP contribution in [0.4, 0.5) is 5.82 Å². The SMILES string of the molecule is CC(C)CCN(CC(=O)N1CCN(c2ccc(-c3ccccc3)nn2)CC1)C(=O)c1ccccc1Cl. The van der Waals surface area contributed by atoms with Crippen molar-refractivity contribution in [2.24, 2.45) is 5.92 Å². The van der Waals surface area contributed by atoms with Gasteiger partial charge in [0.05, 0.1) is 16.3 Å². The molecule has 0 N–H and O–H groups in total. The summed E-state index contributed by atoms with van der Waals surface area (Å²) in [4.78, 5) is 32.0. The van der Waals surface area contributed by atoms with E-state index in [1.807, 2.05) is 47.4 Å². The number of hydrogen-bond donors (Lipinski definition) is 0. The number of hydrogen-bond acceptors (Lipinski definition) is 5. The van der Waals surface area contributed by atoms with Crippen molar-refractivity contribution < 1.29 is 9.59 Å². The molecule has 1 aliphatic heterocycles. The van der Waals surface area contributed by atoms with Gasteiger partial charge in [-0.05, 0) is 36.6 Å². The standard InChI is InChI=1S/C28H32ClN5O2/c1-21(2)14-15-34(28(36)23-10-6-7-11-24(23)29)20-27(35)33-18-16-32(17-19-33)26-13-12-25(30-31-26)22-8-4-3-5-9-22/h3-13,21H,14-20H2,1-2H3. The van der Waals surface area contributed by atoms with E-state index in [2.05, 4.69) is 28.9 Å². The van der Waals surface area contributed by atoms with Crippen LogP contribution in [0.15, 0.2) is 66.7 Å². The number of halogens is 1. The monoisotopic (exact) mass is 505 g/mol. The molecule has 7 nitrogen and oxygen atoms in total. The number of rotatable bonds is 8. The molecule has 4 rings (SSSR count). The van der Waals surface area contributed by atoms with Crippen molar-refractivity contribution in [3.63, 3.8) is 0 Å². The maximum Gasteiger partial charge on any atom is 0.255 e. The second-order valence-corrected chi connectivity index (χ2v) is 9.81. The van der Waals surface area contributed by atoms with E-state index in [1.54, 1.807) is 29.2 Å². The van der Waals surface area contributed by atoms with E-state index in [9.17, 15) is 9.59 Å². The molecule has 1 aliphatic rings. The largest absolute Gasteiger partial charge is 0.352 e. The number of carbonyl (C=O) groups is 2. The number of aromatic nitrogens is 2. The minimum Gasteiger partial charge on any atom is -0.352 e. The molecule has 0 aliphatic carbocycles. The molecule has 2 aromatic carbocycles. The van der Waals surface area contributed by atoms with Gasteiger partial charge in [0.25, 0.3) is 5.91 Å². The highest BCUT2D eigenvalue weighted by atomic mass is 35.5. The zero-order valence-corrected chi connectivity index (χ0v) is 21.6. The van der Waals surface area contributed by atoms with Crippen molar-refractivity contribution in [1.29, 1.82) is 0 Å².